The van der Waals surface area contributed by atoms with Crippen LogP contribution in [0.15, 0.2) is 46.9 Å². The minimum atomic E-state index is -0.737. The summed E-state index contributed by atoms with van der Waals surface area (Å²) in [6, 6.07) is 9.23. The lowest BCUT2D eigenvalue weighted by Crippen LogP contribution is -2.08. The van der Waals surface area contributed by atoms with Crippen LogP contribution in [0.3, 0.4) is 0 Å². The van der Waals surface area contributed by atoms with E-state index in [-0.39, 0.29) is 12.5 Å². The molecule has 23 heavy (non-hydrogen) atoms. The van der Waals surface area contributed by atoms with Gasteiger partial charge in [-0.3, -0.25) is 0 Å². The molecule has 0 bridgehead atoms. The number of rotatable bonds is 6. The minimum absolute atomic E-state index is 0.168. The maximum Gasteiger partial charge on any atom is 0.331 e. The molecule has 1 unspecified atom stereocenters. The summed E-state index contributed by atoms with van der Waals surface area (Å²) in [5, 5.41) is 7.77. The van der Waals surface area contributed by atoms with E-state index in [1.54, 1.807) is 13.8 Å². The van der Waals surface area contributed by atoms with E-state index < -0.39 is 18.0 Å². The lowest BCUT2D eigenvalue weighted by Gasteiger charge is -2.06. The van der Waals surface area contributed by atoms with Gasteiger partial charge in [0.2, 0.25) is 5.89 Å². The Balaban J connectivity index is 1.96. The SMILES string of the molecule is CCOC(=O)/C=C/C(=O)OC(C)c1nnc(-c2ccccc2)o1. The van der Waals surface area contributed by atoms with E-state index in [1.165, 1.54) is 0 Å². The number of nitrogens with zero attached hydrogens (tertiary/aromatic N) is 2. The third-order valence-corrected chi connectivity index (χ3v) is 2.74. The molecule has 2 aromatic rings. The van der Waals surface area contributed by atoms with E-state index in [2.05, 4.69) is 14.9 Å². The molecule has 1 heterocycles. The second kappa shape index (κ2) is 7.88. The summed E-state index contributed by atoms with van der Waals surface area (Å²) in [6.45, 7) is 3.50. The smallest absolute Gasteiger partial charge is 0.331 e. The molecular weight excluding hydrogens is 300 g/mol. The van der Waals surface area contributed by atoms with Crippen molar-refractivity contribution in [1.29, 1.82) is 0 Å². The van der Waals surface area contributed by atoms with Crippen molar-refractivity contribution in [2.45, 2.75) is 20.0 Å². The first kappa shape index (κ1) is 16.4. The Hall–Kier alpha value is -2.96. The average molecular weight is 316 g/mol. The maximum atomic E-state index is 11.6. The summed E-state index contributed by atoms with van der Waals surface area (Å²) in [4.78, 5) is 22.7. The minimum Gasteiger partial charge on any atom is -0.463 e. The van der Waals surface area contributed by atoms with Crippen LogP contribution < -0.4 is 0 Å². The number of ether oxygens (including phenoxy) is 2. The number of carbonyl (C=O) groups is 2. The van der Waals surface area contributed by atoms with Gasteiger partial charge in [0, 0.05) is 17.7 Å². The Kier molecular flexibility index (Phi) is 5.62. The molecule has 7 heteroatoms. The highest BCUT2D eigenvalue weighted by Crippen LogP contribution is 2.22. The maximum absolute atomic E-state index is 11.6. The van der Waals surface area contributed by atoms with E-state index in [4.69, 9.17) is 9.15 Å². The molecule has 2 rings (SSSR count). The zero-order valence-electron chi connectivity index (χ0n) is 12.8. The zero-order valence-corrected chi connectivity index (χ0v) is 12.8. The normalized spacial score (nSPS) is 12.1. The summed E-state index contributed by atoms with van der Waals surface area (Å²) in [7, 11) is 0. The summed E-state index contributed by atoms with van der Waals surface area (Å²) < 4.78 is 15.2. The van der Waals surface area contributed by atoms with E-state index in [9.17, 15) is 9.59 Å². The fourth-order valence-corrected chi connectivity index (χ4v) is 1.69. The van der Waals surface area contributed by atoms with Crippen molar-refractivity contribution in [2.75, 3.05) is 6.61 Å². The van der Waals surface area contributed by atoms with Crippen LogP contribution in [-0.2, 0) is 19.1 Å². The molecule has 120 valence electrons. The largest absolute Gasteiger partial charge is 0.463 e. The lowest BCUT2D eigenvalue weighted by atomic mass is 10.2. The van der Waals surface area contributed by atoms with Crippen LogP contribution in [0.25, 0.3) is 11.5 Å². The molecule has 0 aliphatic rings. The predicted octanol–water partition coefficient (Wildman–Crippen LogP) is 2.46. The topological polar surface area (TPSA) is 91.5 Å². The van der Waals surface area contributed by atoms with Gasteiger partial charge < -0.3 is 13.9 Å². The van der Waals surface area contributed by atoms with Crippen LogP contribution in [0.2, 0.25) is 0 Å². The predicted molar refractivity (Wildman–Crippen MR) is 80.0 cm³/mol. The first-order valence-electron chi connectivity index (χ1n) is 7.04. The van der Waals surface area contributed by atoms with Crippen molar-refractivity contribution >= 4 is 11.9 Å². The fraction of sp³-hybridized carbons (Fsp3) is 0.250. The second-order valence-electron chi connectivity index (χ2n) is 4.48. The molecule has 7 nitrogen and oxygen atoms in total. The molecular formula is C16H16N2O5. The van der Waals surface area contributed by atoms with Crippen molar-refractivity contribution in [3.05, 3.63) is 48.4 Å². The number of aromatic nitrogens is 2. The van der Waals surface area contributed by atoms with Crippen LogP contribution in [0.5, 0.6) is 0 Å². The zero-order chi connectivity index (χ0) is 16.7. The van der Waals surface area contributed by atoms with Crippen molar-refractivity contribution in [2.24, 2.45) is 0 Å². The van der Waals surface area contributed by atoms with Crippen molar-refractivity contribution in [3.63, 3.8) is 0 Å². The highest BCUT2D eigenvalue weighted by Gasteiger charge is 2.18. The number of hydrogen-bond donors (Lipinski definition) is 0. The Morgan fingerprint density at radius 2 is 1.87 bits per heavy atom. The molecule has 0 saturated heterocycles. The van der Waals surface area contributed by atoms with E-state index in [1.807, 2.05) is 30.3 Å². The van der Waals surface area contributed by atoms with Crippen molar-refractivity contribution < 1.29 is 23.5 Å². The van der Waals surface area contributed by atoms with Gasteiger partial charge >= 0.3 is 11.9 Å². The van der Waals surface area contributed by atoms with E-state index in [0.717, 1.165) is 17.7 Å². The van der Waals surface area contributed by atoms with Gasteiger partial charge in [0.05, 0.1) is 6.61 Å². The Morgan fingerprint density at radius 1 is 1.17 bits per heavy atom. The molecule has 0 fully saturated rings. The van der Waals surface area contributed by atoms with E-state index in [0.29, 0.717) is 5.89 Å². The van der Waals surface area contributed by atoms with Gasteiger partial charge in [-0.2, -0.15) is 0 Å². The molecule has 1 aromatic heterocycles. The van der Waals surface area contributed by atoms with E-state index >= 15 is 0 Å². The highest BCUT2D eigenvalue weighted by atomic mass is 16.6. The third kappa shape index (κ3) is 4.77. The molecule has 0 aliphatic carbocycles. The standard InChI is InChI=1S/C16H16N2O5/c1-3-21-13(19)9-10-14(20)22-11(2)15-17-18-16(23-15)12-7-5-4-6-8-12/h4-11H,3H2,1-2H3/b10-9+. The van der Waals surface area contributed by atoms with Gasteiger partial charge in [-0.05, 0) is 26.0 Å². The van der Waals surface area contributed by atoms with Gasteiger partial charge in [0.15, 0.2) is 6.10 Å². The first-order chi connectivity index (χ1) is 11.1. The summed E-state index contributed by atoms with van der Waals surface area (Å²) in [5.74, 6) is -0.807. The molecule has 0 saturated carbocycles. The summed E-state index contributed by atoms with van der Waals surface area (Å²) in [6.07, 6.45) is 1.25. The molecule has 0 spiro atoms. The summed E-state index contributed by atoms with van der Waals surface area (Å²) in [5.41, 5.74) is 0.770. The van der Waals surface area contributed by atoms with Crippen LogP contribution in [0.4, 0.5) is 0 Å². The number of esters is 2. The third-order valence-electron chi connectivity index (χ3n) is 2.74. The number of hydrogen-bond acceptors (Lipinski definition) is 7. The average Bonchev–Trinajstić information content (AvgIpc) is 3.04. The van der Waals surface area contributed by atoms with Crippen molar-refractivity contribution in [3.8, 4) is 11.5 Å². The first-order valence-corrected chi connectivity index (χ1v) is 7.04. The molecule has 1 aromatic carbocycles. The van der Waals surface area contributed by atoms with Gasteiger partial charge in [-0.15, -0.1) is 10.2 Å². The van der Waals surface area contributed by atoms with Crippen LogP contribution in [-0.4, -0.2) is 28.7 Å². The lowest BCUT2D eigenvalue weighted by molar-refractivity contribution is -0.144. The number of benzene rings is 1. The monoisotopic (exact) mass is 316 g/mol. The van der Waals surface area contributed by atoms with Crippen LogP contribution in [0, 0.1) is 0 Å². The van der Waals surface area contributed by atoms with Gasteiger partial charge in [-0.25, -0.2) is 9.59 Å². The quantitative estimate of drug-likeness (QED) is 0.597. The van der Waals surface area contributed by atoms with Crippen LogP contribution >= 0.6 is 0 Å². The number of carbonyl (C=O) groups excluding carboxylic acids is 2. The van der Waals surface area contributed by atoms with Gasteiger partial charge in [-0.1, -0.05) is 18.2 Å². The Labute approximate surface area is 132 Å². The van der Waals surface area contributed by atoms with Crippen LogP contribution in [0.1, 0.15) is 25.8 Å². The second-order valence-corrected chi connectivity index (χ2v) is 4.48. The van der Waals surface area contributed by atoms with Crippen molar-refractivity contribution in [1.82, 2.24) is 10.2 Å². The molecule has 0 N–H and O–H groups in total. The molecule has 0 radical (unpaired) electrons. The Morgan fingerprint density at radius 3 is 2.57 bits per heavy atom. The molecule has 0 amide bonds. The Bertz CT molecular complexity index is 694. The highest BCUT2D eigenvalue weighted by molar-refractivity contribution is 5.91. The molecule has 1 atom stereocenters. The summed E-state index contributed by atoms with van der Waals surface area (Å²) >= 11 is 0. The van der Waals surface area contributed by atoms with Gasteiger partial charge in [0.1, 0.15) is 0 Å². The molecule has 0 aliphatic heterocycles. The van der Waals surface area contributed by atoms with Gasteiger partial charge in [0.25, 0.3) is 5.89 Å². The fourth-order valence-electron chi connectivity index (χ4n) is 1.69.